The van der Waals surface area contributed by atoms with Crippen LogP contribution in [0.1, 0.15) is 24.8 Å². The molecule has 0 heterocycles. The lowest BCUT2D eigenvalue weighted by Crippen LogP contribution is -1.98. The Morgan fingerprint density at radius 3 is 2.50 bits per heavy atom. The predicted octanol–water partition coefficient (Wildman–Crippen LogP) is 3.67. The van der Waals surface area contributed by atoms with Crippen LogP contribution in [0.15, 0.2) is 12.1 Å². The van der Waals surface area contributed by atoms with Crippen molar-refractivity contribution in [3.63, 3.8) is 0 Å². The molecule has 2 N–H and O–H groups in total. The topological polar surface area (TPSA) is 35.2 Å². The number of benzene rings is 1. The molecular formula is C12H17Cl2NO. The molecule has 0 saturated carbocycles. The Morgan fingerprint density at radius 1 is 1.12 bits per heavy atom. The molecule has 0 unspecified atom stereocenters. The quantitative estimate of drug-likeness (QED) is 0.794. The van der Waals surface area contributed by atoms with Gasteiger partial charge in [-0.25, -0.2) is 0 Å². The van der Waals surface area contributed by atoms with Gasteiger partial charge in [-0.3, -0.25) is 0 Å². The van der Waals surface area contributed by atoms with Gasteiger partial charge in [-0.15, -0.1) is 0 Å². The Balaban J connectivity index is 2.63. The van der Waals surface area contributed by atoms with E-state index in [9.17, 15) is 0 Å². The number of nitrogens with two attached hydrogens (primary N) is 1. The molecule has 0 bridgehead atoms. The molecule has 4 heteroatoms. The molecule has 16 heavy (non-hydrogen) atoms. The lowest BCUT2D eigenvalue weighted by atomic mass is 10.1. The second-order valence-electron chi connectivity index (χ2n) is 3.68. The zero-order valence-electron chi connectivity index (χ0n) is 9.43. The van der Waals surface area contributed by atoms with Gasteiger partial charge in [0.25, 0.3) is 0 Å². The molecule has 0 aromatic heterocycles. The minimum atomic E-state index is 0.612. The molecule has 1 aromatic rings. The number of unbranched alkanes of at least 4 members (excludes halogenated alkanes) is 2. The highest BCUT2D eigenvalue weighted by molar-refractivity contribution is 6.34. The molecule has 90 valence electrons. The zero-order valence-corrected chi connectivity index (χ0v) is 10.9. The first-order valence-electron chi connectivity index (χ1n) is 5.41. The van der Waals surface area contributed by atoms with Gasteiger partial charge in [-0.2, -0.15) is 0 Å². The van der Waals surface area contributed by atoms with Crippen LogP contribution < -0.4 is 10.5 Å². The first-order chi connectivity index (χ1) is 7.69. The Kier molecular flexibility index (Phi) is 5.96. The second kappa shape index (κ2) is 7.00. The van der Waals surface area contributed by atoms with Crippen molar-refractivity contribution in [3.8, 4) is 5.75 Å². The summed E-state index contributed by atoms with van der Waals surface area (Å²) in [5.41, 5.74) is 6.51. The van der Waals surface area contributed by atoms with E-state index in [0.717, 1.165) is 37.8 Å². The van der Waals surface area contributed by atoms with Gasteiger partial charge >= 0.3 is 0 Å². The van der Waals surface area contributed by atoms with Crippen molar-refractivity contribution in [2.24, 2.45) is 5.73 Å². The SMILES string of the molecule is COc1cc(Cl)c(CCCCCN)cc1Cl. The molecule has 0 radical (unpaired) electrons. The molecule has 0 aliphatic carbocycles. The van der Waals surface area contributed by atoms with E-state index in [0.29, 0.717) is 15.8 Å². The normalized spacial score (nSPS) is 10.5. The third-order valence-corrected chi connectivity index (χ3v) is 3.12. The minimum absolute atomic E-state index is 0.612. The molecule has 0 amide bonds. The van der Waals surface area contributed by atoms with Crippen LogP contribution in [0.3, 0.4) is 0 Å². The van der Waals surface area contributed by atoms with Crippen molar-refractivity contribution in [3.05, 3.63) is 27.7 Å². The standard InChI is InChI=1S/C12H17Cl2NO/c1-16-12-8-10(13)9(7-11(12)14)5-3-2-4-6-15/h7-8H,2-6,15H2,1H3. The molecule has 0 aliphatic rings. The summed E-state index contributed by atoms with van der Waals surface area (Å²) < 4.78 is 5.09. The van der Waals surface area contributed by atoms with Gasteiger partial charge in [-0.05, 0) is 37.4 Å². The molecule has 2 nitrogen and oxygen atoms in total. The Hall–Kier alpha value is -0.440. The van der Waals surface area contributed by atoms with Crippen molar-refractivity contribution in [1.29, 1.82) is 0 Å². The van der Waals surface area contributed by atoms with Gasteiger partial charge in [0.15, 0.2) is 0 Å². The maximum Gasteiger partial charge on any atom is 0.138 e. The smallest absolute Gasteiger partial charge is 0.138 e. The maximum atomic E-state index is 6.13. The summed E-state index contributed by atoms with van der Waals surface area (Å²) in [5.74, 6) is 0.623. The van der Waals surface area contributed by atoms with Gasteiger partial charge in [0.2, 0.25) is 0 Å². The molecule has 0 aliphatic heterocycles. The van der Waals surface area contributed by atoms with Gasteiger partial charge in [0.1, 0.15) is 5.75 Å². The Labute approximate surface area is 107 Å². The molecule has 0 fully saturated rings. The minimum Gasteiger partial charge on any atom is -0.495 e. The van der Waals surface area contributed by atoms with Crippen molar-refractivity contribution in [2.75, 3.05) is 13.7 Å². The van der Waals surface area contributed by atoms with E-state index in [1.54, 1.807) is 13.2 Å². The summed E-state index contributed by atoms with van der Waals surface area (Å²) in [6.45, 7) is 0.747. The summed E-state index contributed by atoms with van der Waals surface area (Å²) in [5, 5.41) is 1.33. The average Bonchev–Trinajstić information content (AvgIpc) is 2.28. The summed E-state index contributed by atoms with van der Waals surface area (Å²) in [4.78, 5) is 0. The number of aryl methyl sites for hydroxylation is 1. The van der Waals surface area contributed by atoms with E-state index in [1.807, 2.05) is 6.07 Å². The van der Waals surface area contributed by atoms with Gasteiger partial charge in [0.05, 0.1) is 12.1 Å². The lowest BCUT2D eigenvalue weighted by Gasteiger charge is -2.08. The maximum absolute atomic E-state index is 6.13. The fourth-order valence-corrected chi connectivity index (χ4v) is 2.07. The third kappa shape index (κ3) is 3.85. The highest BCUT2D eigenvalue weighted by atomic mass is 35.5. The van der Waals surface area contributed by atoms with E-state index < -0.39 is 0 Å². The first-order valence-corrected chi connectivity index (χ1v) is 6.16. The highest BCUT2D eigenvalue weighted by Crippen LogP contribution is 2.31. The second-order valence-corrected chi connectivity index (χ2v) is 4.49. The van der Waals surface area contributed by atoms with Crippen LogP contribution in [-0.4, -0.2) is 13.7 Å². The van der Waals surface area contributed by atoms with Crippen molar-refractivity contribution < 1.29 is 4.74 Å². The van der Waals surface area contributed by atoms with Crippen LogP contribution in [0.2, 0.25) is 10.0 Å². The molecule has 0 atom stereocenters. The Morgan fingerprint density at radius 2 is 1.88 bits per heavy atom. The number of ether oxygens (including phenoxy) is 1. The van der Waals surface area contributed by atoms with Crippen LogP contribution in [0.4, 0.5) is 0 Å². The third-order valence-electron chi connectivity index (χ3n) is 2.47. The Bertz CT molecular complexity index is 342. The van der Waals surface area contributed by atoms with E-state index in [1.165, 1.54) is 0 Å². The van der Waals surface area contributed by atoms with Crippen molar-refractivity contribution >= 4 is 23.2 Å². The van der Waals surface area contributed by atoms with E-state index in [2.05, 4.69) is 0 Å². The van der Waals surface area contributed by atoms with Crippen LogP contribution in [0.5, 0.6) is 5.75 Å². The number of hydrogen-bond donors (Lipinski definition) is 1. The van der Waals surface area contributed by atoms with Crippen LogP contribution in [0.25, 0.3) is 0 Å². The summed E-state index contributed by atoms with van der Waals surface area (Å²) in [6, 6.07) is 3.65. The van der Waals surface area contributed by atoms with Crippen LogP contribution in [0, 0.1) is 0 Å². The average molecular weight is 262 g/mol. The first kappa shape index (κ1) is 13.6. The molecular weight excluding hydrogens is 245 g/mol. The fraction of sp³-hybridized carbons (Fsp3) is 0.500. The number of rotatable bonds is 6. The monoisotopic (exact) mass is 261 g/mol. The van der Waals surface area contributed by atoms with E-state index in [-0.39, 0.29) is 0 Å². The molecule has 0 spiro atoms. The van der Waals surface area contributed by atoms with Gasteiger partial charge < -0.3 is 10.5 Å². The highest BCUT2D eigenvalue weighted by Gasteiger charge is 2.07. The zero-order chi connectivity index (χ0) is 12.0. The summed E-state index contributed by atoms with van der Waals surface area (Å²) in [6.07, 6.45) is 4.19. The lowest BCUT2D eigenvalue weighted by molar-refractivity contribution is 0.415. The predicted molar refractivity (Wildman–Crippen MR) is 69.6 cm³/mol. The van der Waals surface area contributed by atoms with Gasteiger partial charge in [-0.1, -0.05) is 29.6 Å². The van der Waals surface area contributed by atoms with Crippen LogP contribution >= 0.6 is 23.2 Å². The molecule has 1 aromatic carbocycles. The summed E-state index contributed by atoms with van der Waals surface area (Å²) in [7, 11) is 1.58. The van der Waals surface area contributed by atoms with E-state index in [4.69, 9.17) is 33.7 Å². The largest absolute Gasteiger partial charge is 0.495 e. The number of methoxy groups -OCH3 is 1. The van der Waals surface area contributed by atoms with Crippen molar-refractivity contribution in [1.82, 2.24) is 0 Å². The summed E-state index contributed by atoms with van der Waals surface area (Å²) >= 11 is 12.2. The van der Waals surface area contributed by atoms with Crippen LogP contribution in [-0.2, 0) is 6.42 Å². The molecule has 1 rings (SSSR count). The van der Waals surface area contributed by atoms with E-state index >= 15 is 0 Å². The van der Waals surface area contributed by atoms with Crippen molar-refractivity contribution in [2.45, 2.75) is 25.7 Å². The number of hydrogen-bond acceptors (Lipinski definition) is 2. The molecule has 0 saturated heterocycles. The van der Waals surface area contributed by atoms with Gasteiger partial charge in [0, 0.05) is 11.1 Å². The number of halogens is 2. The fourth-order valence-electron chi connectivity index (χ4n) is 1.55.